The molecule has 1 aliphatic rings. The molecule has 1 aliphatic heterocycles. The van der Waals surface area contributed by atoms with Crippen molar-refractivity contribution in [3.05, 3.63) is 66.7 Å². The van der Waals surface area contributed by atoms with E-state index >= 15 is 0 Å². The lowest BCUT2D eigenvalue weighted by atomic mass is 10.1. The van der Waals surface area contributed by atoms with Crippen molar-refractivity contribution in [2.24, 2.45) is 0 Å². The van der Waals surface area contributed by atoms with E-state index in [1.165, 1.54) is 4.90 Å². The van der Waals surface area contributed by atoms with Crippen LogP contribution in [-0.4, -0.2) is 41.9 Å². The average molecular weight is 407 g/mol. The predicted octanol–water partition coefficient (Wildman–Crippen LogP) is 3.75. The van der Waals surface area contributed by atoms with Gasteiger partial charge in [0.2, 0.25) is 5.91 Å². The Balaban J connectivity index is 1.74. The number of imide groups is 1. The molecule has 0 radical (unpaired) electrons. The number of carbonyl (C=O) groups excluding carboxylic acids is 3. The zero-order valence-electron chi connectivity index (χ0n) is 17.1. The van der Waals surface area contributed by atoms with Crippen LogP contribution < -0.4 is 15.0 Å². The molecule has 1 N–H and O–H groups in total. The summed E-state index contributed by atoms with van der Waals surface area (Å²) in [6, 6.07) is 12.7. The van der Waals surface area contributed by atoms with Crippen molar-refractivity contribution in [3.8, 4) is 5.75 Å². The van der Waals surface area contributed by atoms with Crippen molar-refractivity contribution in [2.75, 3.05) is 23.4 Å². The summed E-state index contributed by atoms with van der Waals surface area (Å²) < 4.78 is 5.39. The standard InChI is InChI=1S/C23H25N3O4/c1-4-14-25-20(15-21(27)24-17-8-12-19(13-9-17)30-5-2)22(28)26(23(25)29)18-10-6-16(3)7-11-18/h4,6-13,20H,1,5,14-15H2,2-3H3,(H,24,27)/t20-/m0/s1. The summed E-state index contributed by atoms with van der Waals surface area (Å²) in [5.41, 5.74) is 2.09. The topological polar surface area (TPSA) is 79.0 Å². The van der Waals surface area contributed by atoms with Gasteiger partial charge < -0.3 is 15.0 Å². The maximum atomic E-state index is 13.0. The van der Waals surface area contributed by atoms with Crippen LogP contribution in [0.25, 0.3) is 0 Å². The Labute approximate surface area is 175 Å². The Morgan fingerprint density at radius 2 is 1.80 bits per heavy atom. The van der Waals surface area contributed by atoms with Gasteiger partial charge in [-0.05, 0) is 50.2 Å². The minimum atomic E-state index is -0.889. The number of urea groups is 1. The smallest absolute Gasteiger partial charge is 0.332 e. The molecule has 0 unspecified atom stereocenters. The number of hydrogen-bond donors (Lipinski definition) is 1. The molecule has 0 spiro atoms. The molecule has 1 heterocycles. The number of aryl methyl sites for hydroxylation is 1. The van der Waals surface area contributed by atoms with Crippen molar-refractivity contribution < 1.29 is 19.1 Å². The van der Waals surface area contributed by atoms with Crippen molar-refractivity contribution >= 4 is 29.2 Å². The van der Waals surface area contributed by atoms with Gasteiger partial charge in [-0.3, -0.25) is 9.59 Å². The van der Waals surface area contributed by atoms with Gasteiger partial charge in [0.25, 0.3) is 5.91 Å². The highest BCUT2D eigenvalue weighted by atomic mass is 16.5. The number of ether oxygens (including phenoxy) is 1. The van der Waals surface area contributed by atoms with Gasteiger partial charge in [-0.15, -0.1) is 6.58 Å². The van der Waals surface area contributed by atoms with E-state index in [4.69, 9.17) is 4.74 Å². The van der Waals surface area contributed by atoms with Crippen LogP contribution in [0, 0.1) is 6.92 Å². The normalized spacial score (nSPS) is 16.0. The quantitative estimate of drug-likeness (QED) is 0.534. The molecule has 1 fully saturated rings. The largest absolute Gasteiger partial charge is 0.494 e. The molecule has 1 saturated heterocycles. The highest BCUT2D eigenvalue weighted by Gasteiger charge is 2.46. The number of nitrogens with zero attached hydrogens (tertiary/aromatic N) is 2. The molecular formula is C23H25N3O4. The molecule has 0 aromatic heterocycles. The molecule has 3 rings (SSSR count). The fourth-order valence-electron chi connectivity index (χ4n) is 3.30. The van der Waals surface area contributed by atoms with Gasteiger partial charge in [0.1, 0.15) is 11.8 Å². The summed E-state index contributed by atoms with van der Waals surface area (Å²) in [7, 11) is 0. The molecule has 2 aromatic carbocycles. The van der Waals surface area contributed by atoms with Gasteiger partial charge in [0.15, 0.2) is 0 Å². The highest BCUT2D eigenvalue weighted by molar-refractivity contribution is 6.22. The number of nitrogens with one attached hydrogen (secondary N) is 1. The molecule has 0 aliphatic carbocycles. The van der Waals surface area contributed by atoms with Crippen molar-refractivity contribution in [1.82, 2.24) is 4.90 Å². The van der Waals surface area contributed by atoms with Crippen LogP contribution in [0.4, 0.5) is 16.2 Å². The summed E-state index contributed by atoms with van der Waals surface area (Å²) in [5, 5.41) is 2.77. The van der Waals surface area contributed by atoms with E-state index in [1.807, 2.05) is 26.0 Å². The maximum absolute atomic E-state index is 13.0. The van der Waals surface area contributed by atoms with Crippen molar-refractivity contribution in [3.63, 3.8) is 0 Å². The first kappa shape index (κ1) is 21.1. The third-order valence-electron chi connectivity index (χ3n) is 4.76. The van der Waals surface area contributed by atoms with Crippen LogP contribution >= 0.6 is 0 Å². The van der Waals surface area contributed by atoms with E-state index in [2.05, 4.69) is 11.9 Å². The molecule has 156 valence electrons. The van der Waals surface area contributed by atoms with E-state index in [0.717, 1.165) is 10.5 Å². The minimum absolute atomic E-state index is 0.145. The Bertz CT molecular complexity index is 938. The number of rotatable bonds is 8. The van der Waals surface area contributed by atoms with Crippen molar-refractivity contribution in [2.45, 2.75) is 26.3 Å². The van der Waals surface area contributed by atoms with Crippen LogP contribution in [0.15, 0.2) is 61.2 Å². The lowest BCUT2D eigenvalue weighted by Gasteiger charge is -2.19. The third kappa shape index (κ3) is 4.51. The van der Waals surface area contributed by atoms with E-state index in [0.29, 0.717) is 23.7 Å². The molecule has 4 amide bonds. The summed E-state index contributed by atoms with van der Waals surface area (Å²) >= 11 is 0. The van der Waals surface area contributed by atoms with Crippen LogP contribution in [0.2, 0.25) is 0 Å². The first-order valence-electron chi connectivity index (χ1n) is 9.79. The van der Waals surface area contributed by atoms with Crippen LogP contribution in [-0.2, 0) is 9.59 Å². The van der Waals surface area contributed by atoms with Gasteiger partial charge in [-0.2, -0.15) is 0 Å². The van der Waals surface area contributed by atoms with Crippen LogP contribution in [0.3, 0.4) is 0 Å². The van der Waals surface area contributed by atoms with Crippen LogP contribution in [0.1, 0.15) is 18.9 Å². The lowest BCUT2D eigenvalue weighted by Crippen LogP contribution is -2.38. The first-order valence-corrected chi connectivity index (χ1v) is 9.79. The molecular weight excluding hydrogens is 382 g/mol. The minimum Gasteiger partial charge on any atom is -0.494 e. The van der Waals surface area contributed by atoms with E-state index in [1.54, 1.807) is 42.5 Å². The van der Waals surface area contributed by atoms with Gasteiger partial charge in [-0.25, -0.2) is 9.69 Å². The molecule has 0 saturated carbocycles. The van der Waals surface area contributed by atoms with E-state index in [9.17, 15) is 14.4 Å². The summed E-state index contributed by atoms with van der Waals surface area (Å²) in [6.45, 7) is 8.21. The Hall–Kier alpha value is -3.61. The molecule has 1 atom stereocenters. The zero-order chi connectivity index (χ0) is 21.7. The Kier molecular flexibility index (Phi) is 6.51. The number of carbonyl (C=O) groups is 3. The second kappa shape index (κ2) is 9.26. The van der Waals surface area contributed by atoms with Gasteiger partial charge >= 0.3 is 6.03 Å². The summed E-state index contributed by atoms with van der Waals surface area (Å²) in [6.07, 6.45) is 1.40. The molecule has 7 nitrogen and oxygen atoms in total. The summed E-state index contributed by atoms with van der Waals surface area (Å²) in [5.74, 6) is -0.0735. The molecule has 30 heavy (non-hydrogen) atoms. The van der Waals surface area contributed by atoms with Gasteiger partial charge in [0, 0.05) is 12.2 Å². The first-order chi connectivity index (χ1) is 14.4. The molecule has 0 bridgehead atoms. The number of anilines is 2. The van der Waals surface area contributed by atoms with Crippen molar-refractivity contribution in [1.29, 1.82) is 0 Å². The van der Waals surface area contributed by atoms with E-state index < -0.39 is 18.0 Å². The zero-order valence-corrected chi connectivity index (χ0v) is 17.1. The van der Waals surface area contributed by atoms with Gasteiger partial charge in [0.05, 0.1) is 18.7 Å². The number of amides is 4. The fourth-order valence-corrected chi connectivity index (χ4v) is 3.30. The lowest BCUT2D eigenvalue weighted by molar-refractivity contribution is -0.124. The predicted molar refractivity (Wildman–Crippen MR) is 116 cm³/mol. The highest BCUT2D eigenvalue weighted by Crippen LogP contribution is 2.27. The monoisotopic (exact) mass is 407 g/mol. The second-order valence-corrected chi connectivity index (χ2v) is 6.96. The molecule has 2 aromatic rings. The number of benzene rings is 2. The third-order valence-corrected chi connectivity index (χ3v) is 4.76. The maximum Gasteiger partial charge on any atom is 0.332 e. The van der Waals surface area contributed by atoms with Crippen LogP contribution in [0.5, 0.6) is 5.75 Å². The fraction of sp³-hybridized carbons (Fsp3) is 0.261. The SMILES string of the molecule is C=CCN1C(=O)N(c2ccc(C)cc2)C(=O)[C@@H]1CC(=O)Nc1ccc(OCC)cc1. The van der Waals surface area contributed by atoms with E-state index in [-0.39, 0.29) is 18.9 Å². The van der Waals surface area contributed by atoms with Gasteiger partial charge in [-0.1, -0.05) is 23.8 Å². The molecule has 7 heteroatoms. The summed E-state index contributed by atoms with van der Waals surface area (Å²) in [4.78, 5) is 41.0. The number of hydrogen-bond acceptors (Lipinski definition) is 4. The average Bonchev–Trinajstić information content (AvgIpc) is 2.95. The Morgan fingerprint density at radius 3 is 2.40 bits per heavy atom. The second-order valence-electron chi connectivity index (χ2n) is 6.96. The Morgan fingerprint density at radius 1 is 1.13 bits per heavy atom.